The number of esters is 2. The summed E-state index contributed by atoms with van der Waals surface area (Å²) in [4.78, 5) is 51.7. The molecule has 0 saturated carbocycles. The van der Waals surface area contributed by atoms with Crippen molar-refractivity contribution < 1.29 is 33.1 Å². The van der Waals surface area contributed by atoms with Crippen molar-refractivity contribution >= 4 is 23.8 Å². The van der Waals surface area contributed by atoms with Gasteiger partial charge in [-0.2, -0.15) is 0 Å². The number of hydrogen-bond donors (Lipinski definition) is 0. The fourth-order valence-electron chi connectivity index (χ4n) is 3.65. The van der Waals surface area contributed by atoms with Crippen LogP contribution in [0.2, 0.25) is 0 Å². The number of piperidine rings is 1. The van der Waals surface area contributed by atoms with E-state index in [-0.39, 0.29) is 36.1 Å². The molecule has 0 unspecified atom stereocenters. The topological polar surface area (TPSA) is 106 Å². The summed E-state index contributed by atoms with van der Waals surface area (Å²) < 4.78 is 15.0. The summed E-state index contributed by atoms with van der Waals surface area (Å²) in [6, 6.07) is 2.44. The first-order valence-electron chi connectivity index (χ1n) is 9.38. The zero-order valence-corrected chi connectivity index (χ0v) is 15.8. The Hall–Kier alpha value is -2.84. The van der Waals surface area contributed by atoms with Crippen LogP contribution in [0.4, 0.5) is 0 Å². The molecule has 3 rings (SSSR count). The Morgan fingerprint density at radius 1 is 1.11 bits per heavy atom. The van der Waals surface area contributed by atoms with Gasteiger partial charge in [-0.1, -0.05) is 0 Å². The van der Waals surface area contributed by atoms with Gasteiger partial charge in [0.2, 0.25) is 0 Å². The molecule has 3 heterocycles. The molecule has 0 spiro atoms. The van der Waals surface area contributed by atoms with Gasteiger partial charge in [-0.05, 0) is 37.8 Å². The number of rotatable bonds is 5. The second-order valence-electron chi connectivity index (χ2n) is 6.92. The van der Waals surface area contributed by atoms with Crippen LogP contribution in [-0.2, 0) is 23.9 Å². The van der Waals surface area contributed by atoms with Gasteiger partial charge in [-0.3, -0.25) is 14.4 Å². The van der Waals surface area contributed by atoms with Crippen LogP contribution < -0.4 is 0 Å². The molecule has 9 nitrogen and oxygen atoms in total. The van der Waals surface area contributed by atoms with Crippen molar-refractivity contribution in [2.45, 2.75) is 31.7 Å². The highest BCUT2D eigenvalue weighted by Crippen LogP contribution is 2.22. The first-order chi connectivity index (χ1) is 13.5. The van der Waals surface area contributed by atoms with Gasteiger partial charge in [0.15, 0.2) is 12.4 Å². The van der Waals surface area contributed by atoms with Gasteiger partial charge in [0, 0.05) is 19.6 Å². The summed E-state index contributed by atoms with van der Waals surface area (Å²) in [7, 11) is 1.35. The van der Waals surface area contributed by atoms with Crippen LogP contribution in [0.1, 0.15) is 36.2 Å². The average Bonchev–Trinajstić information content (AvgIpc) is 3.43. The Kier molecular flexibility index (Phi) is 6.33. The zero-order chi connectivity index (χ0) is 20.1. The minimum atomic E-state index is -0.713. The van der Waals surface area contributed by atoms with E-state index >= 15 is 0 Å². The molecule has 2 aliphatic heterocycles. The van der Waals surface area contributed by atoms with Gasteiger partial charge in [-0.15, -0.1) is 0 Å². The fraction of sp³-hybridized carbons (Fsp3) is 0.579. The van der Waals surface area contributed by atoms with E-state index in [0.717, 1.165) is 0 Å². The number of nitrogens with zero attached hydrogens (tertiary/aromatic N) is 2. The minimum absolute atomic E-state index is 0.171. The first kappa shape index (κ1) is 19.9. The molecule has 0 bridgehead atoms. The molecule has 2 saturated heterocycles. The molecule has 2 amide bonds. The Labute approximate surface area is 162 Å². The van der Waals surface area contributed by atoms with Crippen molar-refractivity contribution in [2.24, 2.45) is 5.92 Å². The van der Waals surface area contributed by atoms with E-state index in [4.69, 9.17) is 13.9 Å². The maximum absolute atomic E-state index is 12.4. The molecular formula is C19H24N2O7. The molecule has 0 aliphatic carbocycles. The number of carbonyl (C=O) groups is 4. The fourth-order valence-corrected chi connectivity index (χ4v) is 3.65. The largest absolute Gasteiger partial charge is 0.469 e. The number of hydrogen-bond acceptors (Lipinski definition) is 7. The number of likely N-dealkylation sites (tertiary alicyclic amines) is 2. The lowest BCUT2D eigenvalue weighted by molar-refractivity contribution is -0.156. The second kappa shape index (κ2) is 8.90. The Morgan fingerprint density at radius 2 is 1.86 bits per heavy atom. The van der Waals surface area contributed by atoms with Crippen LogP contribution in [0, 0.1) is 5.92 Å². The molecule has 0 N–H and O–H groups in total. The molecule has 2 fully saturated rings. The highest BCUT2D eigenvalue weighted by molar-refractivity contribution is 5.95. The third kappa shape index (κ3) is 4.35. The van der Waals surface area contributed by atoms with E-state index in [9.17, 15) is 19.2 Å². The number of ether oxygens (including phenoxy) is 2. The predicted molar refractivity (Wildman–Crippen MR) is 95.0 cm³/mol. The summed E-state index contributed by atoms with van der Waals surface area (Å²) in [6.45, 7) is 0.903. The monoisotopic (exact) mass is 392 g/mol. The van der Waals surface area contributed by atoms with Gasteiger partial charge >= 0.3 is 11.9 Å². The van der Waals surface area contributed by atoms with Crippen LogP contribution >= 0.6 is 0 Å². The third-order valence-corrected chi connectivity index (χ3v) is 5.24. The normalized spacial score (nSPS) is 20.1. The van der Waals surface area contributed by atoms with Crippen molar-refractivity contribution in [1.29, 1.82) is 0 Å². The molecule has 0 aromatic carbocycles. The molecule has 28 heavy (non-hydrogen) atoms. The van der Waals surface area contributed by atoms with Crippen molar-refractivity contribution in [3.05, 3.63) is 24.2 Å². The van der Waals surface area contributed by atoms with Gasteiger partial charge in [-0.25, -0.2) is 4.79 Å². The quantitative estimate of drug-likeness (QED) is 0.684. The van der Waals surface area contributed by atoms with Crippen LogP contribution in [0.25, 0.3) is 0 Å². The van der Waals surface area contributed by atoms with E-state index in [1.807, 2.05) is 0 Å². The number of furan rings is 1. The van der Waals surface area contributed by atoms with Crippen molar-refractivity contribution in [3.63, 3.8) is 0 Å². The minimum Gasteiger partial charge on any atom is -0.469 e. The molecule has 9 heteroatoms. The highest BCUT2D eigenvalue weighted by atomic mass is 16.5. The maximum atomic E-state index is 12.4. The summed E-state index contributed by atoms with van der Waals surface area (Å²) in [5.74, 6) is -1.55. The standard InChI is InChI=1S/C19H24N2O7/c1-26-18(24)13-6-9-20(10-7-13)16(22)12-28-19(25)14-4-2-8-21(14)17(23)15-5-3-11-27-15/h3,5,11,13-14H,2,4,6-10,12H2,1H3/t14-/m0/s1. The summed E-state index contributed by atoms with van der Waals surface area (Å²) in [5, 5.41) is 0. The molecule has 152 valence electrons. The lowest BCUT2D eigenvalue weighted by Gasteiger charge is -2.30. The van der Waals surface area contributed by atoms with Crippen molar-refractivity contribution in [2.75, 3.05) is 33.4 Å². The maximum Gasteiger partial charge on any atom is 0.329 e. The summed E-state index contributed by atoms with van der Waals surface area (Å²) in [6.07, 6.45) is 3.63. The number of carbonyl (C=O) groups excluding carboxylic acids is 4. The van der Waals surface area contributed by atoms with Crippen LogP contribution in [-0.4, -0.2) is 72.9 Å². The zero-order valence-electron chi connectivity index (χ0n) is 15.8. The second-order valence-corrected chi connectivity index (χ2v) is 6.92. The molecule has 0 radical (unpaired) electrons. The smallest absolute Gasteiger partial charge is 0.329 e. The van der Waals surface area contributed by atoms with Gasteiger partial charge in [0.05, 0.1) is 19.3 Å². The van der Waals surface area contributed by atoms with E-state index in [1.54, 1.807) is 17.0 Å². The van der Waals surface area contributed by atoms with E-state index < -0.39 is 12.0 Å². The highest BCUT2D eigenvalue weighted by Gasteiger charge is 2.37. The Morgan fingerprint density at radius 3 is 2.50 bits per heavy atom. The van der Waals surface area contributed by atoms with E-state index in [1.165, 1.54) is 18.3 Å². The summed E-state index contributed by atoms with van der Waals surface area (Å²) in [5.41, 5.74) is 0. The number of methoxy groups -OCH3 is 1. The summed E-state index contributed by atoms with van der Waals surface area (Å²) >= 11 is 0. The van der Waals surface area contributed by atoms with Gasteiger partial charge < -0.3 is 23.7 Å². The van der Waals surface area contributed by atoms with Gasteiger partial charge in [0.1, 0.15) is 6.04 Å². The van der Waals surface area contributed by atoms with Crippen LogP contribution in [0.5, 0.6) is 0 Å². The molecule has 2 aliphatic rings. The van der Waals surface area contributed by atoms with E-state index in [0.29, 0.717) is 45.3 Å². The Balaban J connectivity index is 1.48. The predicted octanol–water partition coefficient (Wildman–Crippen LogP) is 0.839. The molecular weight excluding hydrogens is 368 g/mol. The van der Waals surface area contributed by atoms with Crippen molar-refractivity contribution in [3.8, 4) is 0 Å². The first-order valence-corrected chi connectivity index (χ1v) is 9.38. The van der Waals surface area contributed by atoms with Crippen LogP contribution in [0.3, 0.4) is 0 Å². The lowest BCUT2D eigenvalue weighted by Crippen LogP contribution is -2.44. The molecule has 1 aromatic heterocycles. The SMILES string of the molecule is COC(=O)C1CCN(C(=O)COC(=O)[C@@H]2CCCN2C(=O)c2ccco2)CC1. The third-order valence-electron chi connectivity index (χ3n) is 5.24. The average molecular weight is 392 g/mol. The molecule has 1 aromatic rings. The Bertz CT molecular complexity index is 723. The number of amides is 2. The van der Waals surface area contributed by atoms with Crippen molar-refractivity contribution in [1.82, 2.24) is 9.80 Å². The van der Waals surface area contributed by atoms with E-state index in [2.05, 4.69) is 0 Å². The van der Waals surface area contributed by atoms with Crippen LogP contribution in [0.15, 0.2) is 22.8 Å². The van der Waals surface area contributed by atoms with Gasteiger partial charge in [0.25, 0.3) is 11.8 Å². The lowest BCUT2D eigenvalue weighted by atomic mass is 9.97. The molecule has 1 atom stereocenters.